The molecule has 0 radical (unpaired) electrons. The van der Waals surface area contributed by atoms with Gasteiger partial charge in [0.2, 0.25) is 17.6 Å². The zero-order chi connectivity index (χ0) is 31.3. The van der Waals surface area contributed by atoms with Crippen LogP contribution in [0.5, 0.6) is 34.9 Å². The van der Waals surface area contributed by atoms with Gasteiger partial charge >= 0.3 is 0 Å². The molecule has 2 aromatic carbocycles. The molecule has 0 aliphatic rings. The smallest absolute Gasteiger partial charge is 0.217 e. The van der Waals surface area contributed by atoms with Gasteiger partial charge in [0.25, 0.3) is 0 Å². The first kappa shape index (κ1) is 32.1. The minimum atomic E-state index is -1.62. The number of ether oxygens (including phenoxy) is 6. The van der Waals surface area contributed by atoms with Crippen molar-refractivity contribution in [3.63, 3.8) is 0 Å². The number of aromatic nitrogens is 2. The van der Waals surface area contributed by atoms with E-state index >= 15 is 0 Å². The quantitative estimate of drug-likeness (QED) is 0.201. The molecule has 0 aliphatic heterocycles. The van der Waals surface area contributed by atoms with Gasteiger partial charge in [-0.05, 0) is 56.4 Å². The Morgan fingerprint density at radius 1 is 0.791 bits per heavy atom. The molecule has 1 N–H and O–H groups in total. The number of hydrogen-bond acceptors (Lipinski definition) is 10. The molecule has 11 heteroatoms. The lowest BCUT2D eigenvalue weighted by atomic mass is 9.71. The summed E-state index contributed by atoms with van der Waals surface area (Å²) in [7, 11) is 13.2. The lowest BCUT2D eigenvalue weighted by molar-refractivity contribution is 0.00263. The number of methoxy groups -OCH3 is 6. The molecule has 230 valence electrons. The summed E-state index contributed by atoms with van der Waals surface area (Å²) in [6.07, 6.45) is 0.281. The van der Waals surface area contributed by atoms with Crippen molar-refractivity contribution in [2.24, 2.45) is 0 Å². The number of pyridine rings is 2. The van der Waals surface area contributed by atoms with Crippen molar-refractivity contribution in [3.05, 3.63) is 69.7 Å². The van der Waals surface area contributed by atoms with Crippen LogP contribution in [-0.2, 0) is 5.60 Å². The normalized spacial score (nSPS) is 13.4. The third-order valence-corrected chi connectivity index (χ3v) is 7.91. The Morgan fingerprint density at radius 3 is 2.05 bits per heavy atom. The predicted molar refractivity (Wildman–Crippen MR) is 168 cm³/mol. The Labute approximate surface area is 260 Å². The van der Waals surface area contributed by atoms with E-state index < -0.39 is 11.5 Å². The summed E-state index contributed by atoms with van der Waals surface area (Å²) in [5, 5.41) is 14.1. The molecule has 4 aromatic rings. The first-order chi connectivity index (χ1) is 20.6. The number of hydrogen-bond donors (Lipinski definition) is 1. The highest BCUT2D eigenvalue weighted by atomic mass is 79.9. The van der Waals surface area contributed by atoms with Crippen LogP contribution < -0.4 is 28.4 Å². The molecule has 0 fully saturated rings. The third kappa shape index (κ3) is 6.58. The maximum absolute atomic E-state index is 13.2. The summed E-state index contributed by atoms with van der Waals surface area (Å²) >= 11 is 3.58. The highest BCUT2D eigenvalue weighted by Gasteiger charge is 2.45. The van der Waals surface area contributed by atoms with Crippen molar-refractivity contribution >= 4 is 26.8 Å². The van der Waals surface area contributed by atoms with Crippen LogP contribution in [0.2, 0.25) is 0 Å². The Morgan fingerprint density at radius 2 is 1.49 bits per heavy atom. The van der Waals surface area contributed by atoms with Gasteiger partial charge in [-0.2, -0.15) is 4.98 Å². The molecule has 0 aliphatic carbocycles. The fraction of sp³-hybridized carbons (Fsp3) is 0.375. The van der Waals surface area contributed by atoms with Gasteiger partial charge in [0.15, 0.2) is 11.5 Å². The zero-order valence-corrected chi connectivity index (χ0v) is 27.3. The summed E-state index contributed by atoms with van der Waals surface area (Å²) in [4.78, 5) is 11.3. The second-order valence-electron chi connectivity index (χ2n) is 10.2. The lowest BCUT2D eigenvalue weighted by Crippen LogP contribution is -2.38. The zero-order valence-electron chi connectivity index (χ0n) is 25.7. The Kier molecular flexibility index (Phi) is 10.2. The monoisotopic (exact) mass is 655 g/mol. The van der Waals surface area contributed by atoms with E-state index in [4.69, 9.17) is 33.4 Å². The average Bonchev–Trinajstić information content (AvgIpc) is 3.02. The Balaban J connectivity index is 2.19. The van der Waals surface area contributed by atoms with E-state index in [0.29, 0.717) is 58.1 Å². The van der Waals surface area contributed by atoms with Crippen LogP contribution >= 0.6 is 15.9 Å². The van der Waals surface area contributed by atoms with Crippen LogP contribution in [0, 0.1) is 0 Å². The molecule has 2 heterocycles. The largest absolute Gasteiger partial charge is 0.497 e. The number of halogens is 1. The van der Waals surface area contributed by atoms with Crippen LogP contribution in [0.3, 0.4) is 0 Å². The molecule has 0 saturated heterocycles. The SMILES string of the molecule is COc1cc(OC)c(OC)c(C(c2cc3cc(Br)ccc3nc2OC)C(O)(CCN(C)C)c2cc(OC)nc(OC)c2)c1. The van der Waals surface area contributed by atoms with Gasteiger partial charge in [-0.15, -0.1) is 0 Å². The highest BCUT2D eigenvalue weighted by Crippen LogP contribution is 2.53. The summed E-state index contributed by atoms with van der Waals surface area (Å²) in [6.45, 7) is 0.526. The molecule has 0 amide bonds. The van der Waals surface area contributed by atoms with Crippen molar-refractivity contribution in [3.8, 4) is 34.9 Å². The summed E-state index contributed by atoms with van der Waals surface area (Å²) < 4.78 is 35.2. The summed E-state index contributed by atoms with van der Waals surface area (Å²) in [5.74, 6) is 1.50. The molecular weight excluding hydrogens is 618 g/mol. The first-order valence-electron chi connectivity index (χ1n) is 13.5. The molecule has 2 aromatic heterocycles. The summed E-state index contributed by atoms with van der Waals surface area (Å²) in [6, 6.07) is 14.8. The van der Waals surface area contributed by atoms with Crippen molar-refractivity contribution in [2.75, 3.05) is 63.3 Å². The Bertz CT molecular complexity index is 1560. The van der Waals surface area contributed by atoms with Gasteiger partial charge in [-0.25, -0.2) is 4.98 Å². The molecule has 2 unspecified atom stereocenters. The Hall–Kier alpha value is -3.80. The van der Waals surface area contributed by atoms with E-state index in [1.807, 2.05) is 49.3 Å². The third-order valence-electron chi connectivity index (χ3n) is 7.42. The van der Waals surface area contributed by atoms with Crippen molar-refractivity contribution < 1.29 is 33.5 Å². The van der Waals surface area contributed by atoms with E-state index in [1.165, 1.54) is 14.2 Å². The van der Waals surface area contributed by atoms with Gasteiger partial charge < -0.3 is 38.4 Å². The van der Waals surface area contributed by atoms with Crippen LogP contribution in [-0.4, -0.2) is 83.3 Å². The fourth-order valence-electron chi connectivity index (χ4n) is 5.29. The second-order valence-corrected chi connectivity index (χ2v) is 11.1. The number of nitrogens with zero attached hydrogens (tertiary/aromatic N) is 3. The van der Waals surface area contributed by atoms with Gasteiger partial charge in [-0.1, -0.05) is 15.9 Å². The minimum absolute atomic E-state index is 0.281. The van der Waals surface area contributed by atoms with Gasteiger partial charge in [-0.3, -0.25) is 0 Å². The van der Waals surface area contributed by atoms with Crippen LogP contribution in [0.1, 0.15) is 29.0 Å². The van der Waals surface area contributed by atoms with Gasteiger partial charge in [0, 0.05) is 45.7 Å². The summed E-state index contributed by atoms with van der Waals surface area (Å²) in [5.41, 5.74) is 0.861. The second kappa shape index (κ2) is 13.7. The lowest BCUT2D eigenvalue weighted by Gasteiger charge is -2.39. The first-order valence-corrected chi connectivity index (χ1v) is 14.3. The van der Waals surface area contributed by atoms with Gasteiger partial charge in [0.05, 0.1) is 54.1 Å². The molecular formula is C32H38BrN3O7. The standard InChI is InChI=1S/C32H38BrN3O7/c1-36(2)12-11-32(37,20-15-27(40-5)35-28(16-20)41-6)29(23-17-22(38-3)18-26(39-4)30(23)42-7)24-14-19-13-21(33)9-10-25(19)34-31(24)43-8/h9-10,13-18,29,37H,11-12H2,1-8H3. The fourth-order valence-corrected chi connectivity index (χ4v) is 5.67. The van der Waals surface area contributed by atoms with Crippen LogP contribution in [0.4, 0.5) is 0 Å². The number of rotatable bonds is 13. The maximum atomic E-state index is 13.2. The molecule has 4 rings (SSSR count). The van der Waals surface area contributed by atoms with Crippen LogP contribution in [0.25, 0.3) is 10.9 Å². The maximum Gasteiger partial charge on any atom is 0.217 e. The molecule has 0 saturated carbocycles. The van der Waals surface area contributed by atoms with E-state index in [9.17, 15) is 5.11 Å². The van der Waals surface area contributed by atoms with Crippen LogP contribution in [0.15, 0.2) is 53.0 Å². The molecule has 2 atom stereocenters. The van der Waals surface area contributed by atoms with Crippen molar-refractivity contribution in [1.82, 2.24) is 14.9 Å². The minimum Gasteiger partial charge on any atom is -0.497 e. The van der Waals surface area contributed by atoms with Gasteiger partial charge in [0.1, 0.15) is 11.4 Å². The number of benzene rings is 2. The topological polar surface area (TPSA) is 105 Å². The molecule has 43 heavy (non-hydrogen) atoms. The van der Waals surface area contributed by atoms with E-state index in [-0.39, 0.29) is 6.42 Å². The molecule has 10 nitrogen and oxygen atoms in total. The van der Waals surface area contributed by atoms with Crippen molar-refractivity contribution in [2.45, 2.75) is 17.9 Å². The number of fused-ring (bicyclic) bond motifs is 1. The van der Waals surface area contributed by atoms with E-state index in [1.54, 1.807) is 46.6 Å². The van der Waals surface area contributed by atoms with Crippen molar-refractivity contribution in [1.29, 1.82) is 0 Å². The average molecular weight is 657 g/mol. The predicted octanol–water partition coefficient (Wildman–Crippen LogP) is 5.42. The number of aliphatic hydroxyl groups is 1. The molecule has 0 bridgehead atoms. The molecule has 0 spiro atoms. The highest BCUT2D eigenvalue weighted by molar-refractivity contribution is 9.10. The van der Waals surface area contributed by atoms with E-state index in [0.717, 1.165) is 15.4 Å². The van der Waals surface area contributed by atoms with E-state index in [2.05, 4.69) is 20.9 Å².